The summed E-state index contributed by atoms with van der Waals surface area (Å²) in [6, 6.07) is 11.4. The van der Waals surface area contributed by atoms with Crippen LogP contribution in [0.5, 0.6) is 0 Å². The summed E-state index contributed by atoms with van der Waals surface area (Å²) in [6.45, 7) is 12.7. The predicted octanol–water partition coefficient (Wildman–Crippen LogP) is 5.73. The average Bonchev–Trinajstić information content (AvgIpc) is 3.17. The number of hydrogen-bond acceptors (Lipinski definition) is 2. The Balaban J connectivity index is 1.47. The Labute approximate surface area is 178 Å². The summed E-state index contributed by atoms with van der Waals surface area (Å²) >= 11 is 0. The van der Waals surface area contributed by atoms with Crippen molar-refractivity contribution < 1.29 is 4.39 Å². The Morgan fingerprint density at radius 2 is 1.83 bits per heavy atom. The van der Waals surface area contributed by atoms with Gasteiger partial charge in [-0.2, -0.15) is 0 Å². The van der Waals surface area contributed by atoms with Crippen LogP contribution in [-0.2, 0) is 6.42 Å². The number of piperidine rings is 1. The summed E-state index contributed by atoms with van der Waals surface area (Å²) in [7, 11) is 1.89. The molecule has 30 heavy (non-hydrogen) atoms. The van der Waals surface area contributed by atoms with Crippen LogP contribution in [0.15, 0.2) is 55.8 Å². The Bertz CT molecular complexity index is 1070. The number of nitrogens with zero attached hydrogens (tertiary/aromatic N) is 1. The van der Waals surface area contributed by atoms with E-state index in [1.807, 2.05) is 25.4 Å². The lowest BCUT2D eigenvalue weighted by molar-refractivity contribution is 0.254. The highest BCUT2D eigenvalue weighted by molar-refractivity contribution is 5.94. The van der Waals surface area contributed by atoms with Gasteiger partial charge in [0.2, 0.25) is 0 Å². The highest BCUT2D eigenvalue weighted by Gasteiger charge is 2.22. The normalized spacial score (nSPS) is 14.8. The predicted molar refractivity (Wildman–Crippen MR) is 125 cm³/mol. The number of rotatable bonds is 6. The zero-order chi connectivity index (χ0) is 21.3. The fourth-order valence-corrected chi connectivity index (χ4v) is 4.50. The van der Waals surface area contributed by atoms with E-state index in [1.54, 1.807) is 12.1 Å². The van der Waals surface area contributed by atoms with Crippen molar-refractivity contribution in [1.82, 2.24) is 15.2 Å². The summed E-state index contributed by atoms with van der Waals surface area (Å²) in [5, 5.41) is 4.31. The van der Waals surface area contributed by atoms with Gasteiger partial charge in [-0.05, 0) is 67.5 Å². The molecule has 1 aromatic heterocycles. The van der Waals surface area contributed by atoms with E-state index in [4.69, 9.17) is 0 Å². The molecule has 156 valence electrons. The zero-order valence-electron chi connectivity index (χ0n) is 17.9. The van der Waals surface area contributed by atoms with Crippen LogP contribution < -0.4 is 5.32 Å². The van der Waals surface area contributed by atoms with Crippen LogP contribution in [0, 0.1) is 18.7 Å². The first-order valence-corrected chi connectivity index (χ1v) is 10.6. The molecule has 3 aromatic rings. The standard InChI is InChI=1S/C26H30FN3/c1-17-13-26-24(25(16-29-26)18(2)28-4)15-23(17)19(3)30-11-9-21(10-12-30)14-20-5-7-22(27)8-6-20/h5-8,13,15-16,21,28-29H,2-3,9-12,14H2,1,4H3. The van der Waals surface area contributed by atoms with Crippen molar-refractivity contribution in [3.63, 3.8) is 0 Å². The third-order valence-corrected chi connectivity index (χ3v) is 6.40. The van der Waals surface area contributed by atoms with Crippen molar-refractivity contribution in [3.8, 4) is 0 Å². The summed E-state index contributed by atoms with van der Waals surface area (Å²) < 4.78 is 13.1. The third-order valence-electron chi connectivity index (χ3n) is 6.40. The van der Waals surface area contributed by atoms with E-state index < -0.39 is 0 Å². The third kappa shape index (κ3) is 4.00. The Morgan fingerprint density at radius 3 is 2.50 bits per heavy atom. The summed E-state index contributed by atoms with van der Waals surface area (Å²) in [5.41, 5.74) is 7.86. The molecule has 2 heterocycles. The minimum Gasteiger partial charge on any atom is -0.388 e. The topological polar surface area (TPSA) is 31.1 Å². The highest BCUT2D eigenvalue weighted by atomic mass is 19.1. The molecule has 3 nitrogen and oxygen atoms in total. The minimum atomic E-state index is -0.166. The molecule has 2 N–H and O–H groups in total. The lowest BCUT2D eigenvalue weighted by atomic mass is 9.89. The van der Waals surface area contributed by atoms with Crippen molar-refractivity contribution in [2.24, 2.45) is 5.92 Å². The van der Waals surface area contributed by atoms with Gasteiger partial charge >= 0.3 is 0 Å². The fourth-order valence-electron chi connectivity index (χ4n) is 4.50. The van der Waals surface area contributed by atoms with Gasteiger partial charge in [0.15, 0.2) is 0 Å². The van der Waals surface area contributed by atoms with E-state index in [9.17, 15) is 4.39 Å². The number of benzene rings is 2. The smallest absolute Gasteiger partial charge is 0.123 e. The van der Waals surface area contributed by atoms with Crippen LogP contribution in [0.2, 0.25) is 0 Å². The highest BCUT2D eigenvalue weighted by Crippen LogP contribution is 2.32. The van der Waals surface area contributed by atoms with Gasteiger partial charge < -0.3 is 15.2 Å². The maximum absolute atomic E-state index is 13.1. The van der Waals surface area contributed by atoms with E-state index >= 15 is 0 Å². The molecule has 1 aliphatic heterocycles. The molecule has 0 radical (unpaired) electrons. The summed E-state index contributed by atoms with van der Waals surface area (Å²) in [6.07, 6.45) is 5.29. The molecule has 1 fully saturated rings. The van der Waals surface area contributed by atoms with Gasteiger partial charge in [0.25, 0.3) is 0 Å². The first-order chi connectivity index (χ1) is 14.5. The SMILES string of the molecule is C=C(NC)c1c[nH]c2cc(C)c(C(=C)N3CCC(Cc4ccc(F)cc4)CC3)cc12. The number of aryl methyl sites for hydroxylation is 1. The second-order valence-electron chi connectivity index (χ2n) is 8.35. The number of nitrogens with one attached hydrogen (secondary N) is 2. The van der Waals surface area contributed by atoms with E-state index in [1.165, 1.54) is 22.1 Å². The second-order valence-corrected chi connectivity index (χ2v) is 8.35. The van der Waals surface area contributed by atoms with Crippen molar-refractivity contribution in [1.29, 1.82) is 0 Å². The van der Waals surface area contributed by atoms with Gasteiger partial charge in [0, 0.05) is 59.8 Å². The molecular weight excluding hydrogens is 373 g/mol. The monoisotopic (exact) mass is 403 g/mol. The zero-order valence-corrected chi connectivity index (χ0v) is 17.9. The van der Waals surface area contributed by atoms with Crippen LogP contribution in [0.1, 0.15) is 35.1 Å². The molecule has 4 heteroatoms. The Morgan fingerprint density at radius 1 is 1.13 bits per heavy atom. The maximum atomic E-state index is 13.1. The van der Waals surface area contributed by atoms with E-state index in [2.05, 4.69) is 47.4 Å². The first kappa shape index (κ1) is 20.3. The molecule has 0 amide bonds. The van der Waals surface area contributed by atoms with Crippen molar-refractivity contribution >= 4 is 22.3 Å². The fraction of sp³-hybridized carbons (Fsp3) is 0.308. The molecule has 0 aliphatic carbocycles. The molecule has 0 spiro atoms. The molecule has 0 unspecified atom stereocenters. The molecule has 0 saturated carbocycles. The number of aromatic amines is 1. The molecular formula is C26H30FN3. The quantitative estimate of drug-likeness (QED) is 0.551. The van der Waals surface area contributed by atoms with E-state index in [0.29, 0.717) is 5.92 Å². The number of H-pyrrole nitrogens is 1. The Kier molecular flexibility index (Phi) is 5.67. The molecule has 2 aromatic carbocycles. The van der Waals surface area contributed by atoms with Crippen LogP contribution in [0.3, 0.4) is 0 Å². The van der Waals surface area contributed by atoms with Crippen LogP contribution in [0.4, 0.5) is 4.39 Å². The molecule has 4 rings (SSSR count). The van der Waals surface area contributed by atoms with Crippen LogP contribution in [-0.4, -0.2) is 30.0 Å². The van der Waals surface area contributed by atoms with E-state index in [0.717, 1.165) is 54.8 Å². The summed E-state index contributed by atoms with van der Waals surface area (Å²) in [4.78, 5) is 5.77. The maximum Gasteiger partial charge on any atom is 0.123 e. The lowest BCUT2D eigenvalue weighted by Crippen LogP contribution is -2.33. The van der Waals surface area contributed by atoms with Crippen LogP contribution >= 0.6 is 0 Å². The van der Waals surface area contributed by atoms with Gasteiger partial charge in [-0.1, -0.05) is 25.3 Å². The molecule has 1 saturated heterocycles. The number of hydrogen-bond donors (Lipinski definition) is 2. The second kappa shape index (κ2) is 8.39. The van der Waals surface area contributed by atoms with Crippen molar-refractivity contribution in [2.45, 2.75) is 26.2 Å². The number of fused-ring (bicyclic) bond motifs is 1. The van der Waals surface area contributed by atoms with Crippen LogP contribution in [0.25, 0.3) is 22.3 Å². The van der Waals surface area contributed by atoms with Gasteiger partial charge in [-0.15, -0.1) is 0 Å². The molecule has 1 aliphatic rings. The number of halogens is 1. The number of aromatic nitrogens is 1. The largest absolute Gasteiger partial charge is 0.388 e. The van der Waals surface area contributed by atoms with Gasteiger partial charge in [-0.25, -0.2) is 4.39 Å². The van der Waals surface area contributed by atoms with Gasteiger partial charge in [-0.3, -0.25) is 0 Å². The molecule has 0 atom stereocenters. The summed E-state index contributed by atoms with van der Waals surface area (Å²) in [5.74, 6) is 0.472. The molecule has 0 bridgehead atoms. The van der Waals surface area contributed by atoms with Gasteiger partial charge in [0.05, 0.1) is 0 Å². The van der Waals surface area contributed by atoms with E-state index in [-0.39, 0.29) is 5.82 Å². The lowest BCUT2D eigenvalue weighted by Gasteiger charge is -2.35. The van der Waals surface area contributed by atoms with Gasteiger partial charge in [0.1, 0.15) is 5.82 Å². The minimum absolute atomic E-state index is 0.166. The first-order valence-electron chi connectivity index (χ1n) is 10.6. The average molecular weight is 404 g/mol. The Hall–Kier alpha value is -3.01. The van der Waals surface area contributed by atoms with Crippen molar-refractivity contribution in [3.05, 3.63) is 83.8 Å². The number of likely N-dealkylation sites (tertiary alicyclic amines) is 1. The van der Waals surface area contributed by atoms with Crippen molar-refractivity contribution in [2.75, 3.05) is 20.1 Å².